The first-order valence-corrected chi connectivity index (χ1v) is 8.50. The van der Waals surface area contributed by atoms with Crippen LogP contribution in [0.1, 0.15) is 5.69 Å². The molecule has 0 saturated heterocycles. The number of hydrogen-bond donors (Lipinski definition) is 0. The quantitative estimate of drug-likeness (QED) is 0.733. The van der Waals surface area contributed by atoms with Gasteiger partial charge in [-0.2, -0.15) is 10.0 Å². The highest BCUT2D eigenvalue weighted by molar-refractivity contribution is 8.35. The molecule has 2 aromatic rings. The number of pyridine rings is 1. The van der Waals surface area contributed by atoms with E-state index >= 15 is 0 Å². The van der Waals surface area contributed by atoms with E-state index in [0.29, 0.717) is 0 Å². The summed E-state index contributed by atoms with van der Waals surface area (Å²) in [5.74, 6) is 3.94. The van der Waals surface area contributed by atoms with E-state index in [1.54, 1.807) is 7.11 Å². The zero-order chi connectivity index (χ0) is 13.2. The number of rotatable bonds is 1. The predicted molar refractivity (Wildman–Crippen MR) is 80.5 cm³/mol. The molecule has 0 atom stereocenters. The summed E-state index contributed by atoms with van der Waals surface area (Å²) < 4.78 is 5.32. The van der Waals surface area contributed by atoms with Gasteiger partial charge in [-0.15, -0.1) is 0 Å². The first-order chi connectivity index (χ1) is 8.49. The average molecular weight is 259 g/mol. The van der Waals surface area contributed by atoms with Crippen LogP contribution in [0, 0.1) is 11.2 Å². The molecule has 2 nitrogen and oxygen atoms in total. The lowest BCUT2D eigenvalue weighted by Gasteiger charge is -2.14. The van der Waals surface area contributed by atoms with Gasteiger partial charge in [-0.1, -0.05) is 12.1 Å². The Kier molecular flexibility index (Phi) is 3.49. The van der Waals surface area contributed by atoms with Crippen molar-refractivity contribution in [1.29, 1.82) is 0 Å². The molecule has 18 heavy (non-hydrogen) atoms. The van der Waals surface area contributed by atoms with Crippen LogP contribution in [0.4, 0.5) is 0 Å². The smallest absolute Gasteiger partial charge is 0.145 e. The lowest BCUT2D eigenvalue weighted by molar-refractivity contribution is 0.419. The van der Waals surface area contributed by atoms with Crippen LogP contribution in [0.5, 0.6) is 5.75 Å². The second kappa shape index (κ2) is 4.91. The van der Waals surface area contributed by atoms with Crippen LogP contribution in [-0.4, -0.2) is 30.9 Å². The topological polar surface area (TPSA) is 22.1 Å². The van der Waals surface area contributed by atoms with Gasteiger partial charge >= 0.3 is 0 Å². The van der Waals surface area contributed by atoms with Gasteiger partial charge < -0.3 is 4.74 Å². The minimum absolute atomic E-state index is 0.791. The van der Waals surface area contributed by atoms with Crippen molar-refractivity contribution in [2.45, 2.75) is 0 Å². The molecular weight excluding hydrogens is 242 g/mol. The molecule has 0 N–H and O–H groups in total. The van der Waals surface area contributed by atoms with Crippen molar-refractivity contribution in [3.8, 4) is 16.9 Å². The van der Waals surface area contributed by atoms with E-state index in [2.05, 4.69) is 34.9 Å². The zero-order valence-electron chi connectivity index (χ0n) is 11.2. The molecule has 1 aromatic heterocycles. The number of benzene rings is 1. The molecule has 0 aliphatic rings. The second-order valence-corrected chi connectivity index (χ2v) is 8.67. The molecule has 94 valence electrons. The van der Waals surface area contributed by atoms with Crippen molar-refractivity contribution in [2.75, 3.05) is 25.9 Å². The number of hydrogen-bond acceptors (Lipinski definition) is 2. The fourth-order valence-corrected chi connectivity index (χ4v) is 1.97. The van der Waals surface area contributed by atoms with Crippen LogP contribution in [0.25, 0.3) is 10.9 Å². The number of nitrogens with zero attached hydrogens (tertiary/aromatic N) is 1. The van der Waals surface area contributed by atoms with Gasteiger partial charge in [-0.25, -0.2) is 4.98 Å². The molecule has 1 heterocycles. The van der Waals surface area contributed by atoms with Crippen LogP contribution >= 0.6 is 10.0 Å². The van der Waals surface area contributed by atoms with Crippen molar-refractivity contribution in [3.05, 3.63) is 36.0 Å². The van der Waals surface area contributed by atoms with Gasteiger partial charge in [-0.05, 0) is 48.1 Å². The van der Waals surface area contributed by atoms with E-state index in [4.69, 9.17) is 4.74 Å². The standard InChI is InChI=1S/C15H17NOS/c1-17-14-7-5-6-12-8-9-13(16-15(12)14)10-11-18(2,3)4/h5-9H,1-4H3. The fourth-order valence-electron chi connectivity index (χ4n) is 1.56. The molecule has 0 bridgehead atoms. The van der Waals surface area contributed by atoms with Gasteiger partial charge in [0, 0.05) is 5.39 Å². The fraction of sp³-hybridized carbons (Fsp3) is 0.267. The number of ether oxygens (including phenoxy) is 1. The van der Waals surface area contributed by atoms with Crippen molar-refractivity contribution in [3.63, 3.8) is 0 Å². The van der Waals surface area contributed by atoms with E-state index in [1.165, 1.54) is 0 Å². The SMILES string of the molecule is COc1cccc2ccc(C#CS(C)(C)C)nc12. The third-order valence-electron chi connectivity index (χ3n) is 2.39. The van der Waals surface area contributed by atoms with Crippen LogP contribution in [-0.2, 0) is 0 Å². The third-order valence-corrected chi connectivity index (χ3v) is 3.10. The molecule has 0 spiro atoms. The van der Waals surface area contributed by atoms with Crippen LogP contribution in [0.15, 0.2) is 30.3 Å². The monoisotopic (exact) mass is 259 g/mol. The van der Waals surface area contributed by atoms with Crippen molar-refractivity contribution < 1.29 is 4.74 Å². The number of aromatic nitrogens is 1. The summed E-state index contributed by atoms with van der Waals surface area (Å²) in [5.41, 5.74) is 1.67. The normalized spacial score (nSPS) is 11.8. The Labute approximate surface area is 110 Å². The summed E-state index contributed by atoms with van der Waals surface area (Å²) in [6, 6.07) is 9.90. The molecule has 1 aromatic carbocycles. The van der Waals surface area contributed by atoms with Gasteiger partial charge in [0.05, 0.1) is 7.11 Å². The van der Waals surface area contributed by atoms with E-state index in [1.807, 2.05) is 30.3 Å². The van der Waals surface area contributed by atoms with Gasteiger partial charge in [0.15, 0.2) is 0 Å². The second-order valence-electron chi connectivity index (χ2n) is 4.79. The van der Waals surface area contributed by atoms with Gasteiger partial charge in [0.25, 0.3) is 0 Å². The number of fused-ring (bicyclic) bond motifs is 1. The van der Waals surface area contributed by atoms with Gasteiger partial charge in [-0.3, -0.25) is 0 Å². The van der Waals surface area contributed by atoms with Crippen LogP contribution < -0.4 is 4.74 Å². The minimum Gasteiger partial charge on any atom is -0.494 e. The summed E-state index contributed by atoms with van der Waals surface area (Å²) in [5, 5.41) is 4.34. The summed E-state index contributed by atoms with van der Waals surface area (Å²) >= 11 is 0. The van der Waals surface area contributed by atoms with Crippen molar-refractivity contribution in [1.82, 2.24) is 4.98 Å². The molecule has 0 aliphatic carbocycles. The predicted octanol–water partition coefficient (Wildman–Crippen LogP) is 3.25. The Balaban J connectivity index is 2.52. The highest BCUT2D eigenvalue weighted by atomic mass is 32.3. The van der Waals surface area contributed by atoms with Crippen LogP contribution in [0.2, 0.25) is 0 Å². The maximum Gasteiger partial charge on any atom is 0.145 e. The van der Waals surface area contributed by atoms with Crippen molar-refractivity contribution >= 4 is 20.9 Å². The Hall–Kier alpha value is -1.66. The molecule has 3 heteroatoms. The highest BCUT2D eigenvalue weighted by Gasteiger charge is 2.03. The lowest BCUT2D eigenvalue weighted by Crippen LogP contribution is -1.91. The first-order valence-electron chi connectivity index (χ1n) is 5.64. The molecule has 0 saturated carbocycles. The summed E-state index contributed by atoms with van der Waals surface area (Å²) in [6.07, 6.45) is 6.50. The summed E-state index contributed by atoms with van der Waals surface area (Å²) in [7, 11) is 0.837. The summed E-state index contributed by atoms with van der Waals surface area (Å²) in [4.78, 5) is 4.56. The molecule has 2 rings (SSSR count). The Morgan fingerprint density at radius 2 is 1.89 bits per heavy atom. The Bertz CT molecular complexity index is 632. The van der Waals surface area contributed by atoms with Crippen LogP contribution in [0.3, 0.4) is 0 Å². The third kappa shape index (κ3) is 2.96. The largest absolute Gasteiger partial charge is 0.494 e. The molecule has 0 unspecified atom stereocenters. The summed E-state index contributed by atoms with van der Waals surface area (Å²) in [6.45, 7) is 0. The van der Waals surface area contributed by atoms with E-state index < -0.39 is 10.0 Å². The van der Waals surface area contributed by atoms with E-state index in [0.717, 1.165) is 22.3 Å². The highest BCUT2D eigenvalue weighted by Crippen LogP contribution is 2.32. The Morgan fingerprint density at radius 1 is 1.11 bits per heavy atom. The van der Waals surface area contributed by atoms with Gasteiger partial charge in [0.1, 0.15) is 17.0 Å². The van der Waals surface area contributed by atoms with E-state index in [-0.39, 0.29) is 0 Å². The zero-order valence-corrected chi connectivity index (χ0v) is 12.0. The number of methoxy groups -OCH3 is 1. The maximum atomic E-state index is 5.32. The molecule has 0 radical (unpaired) electrons. The maximum absolute atomic E-state index is 5.32. The average Bonchev–Trinajstić information content (AvgIpc) is 2.34. The van der Waals surface area contributed by atoms with Crippen molar-refractivity contribution in [2.24, 2.45) is 0 Å². The number of para-hydroxylation sites is 1. The van der Waals surface area contributed by atoms with E-state index in [9.17, 15) is 0 Å². The molecular formula is C15H17NOS. The molecule has 0 fully saturated rings. The van der Waals surface area contributed by atoms with Gasteiger partial charge in [0.2, 0.25) is 0 Å². The Morgan fingerprint density at radius 3 is 2.56 bits per heavy atom. The first kappa shape index (κ1) is 12.8. The molecule has 0 amide bonds. The minimum atomic E-state index is -0.824. The lowest BCUT2D eigenvalue weighted by atomic mass is 10.2. The molecule has 0 aliphatic heterocycles.